The van der Waals surface area contributed by atoms with E-state index in [1.54, 1.807) is 6.92 Å². The highest BCUT2D eigenvalue weighted by Gasteiger charge is 2.17. The van der Waals surface area contributed by atoms with E-state index < -0.39 is 17.9 Å². The Morgan fingerprint density at radius 3 is 2.57 bits per heavy atom. The molecule has 0 saturated heterocycles. The summed E-state index contributed by atoms with van der Waals surface area (Å²) in [6, 6.07) is -0.392. The van der Waals surface area contributed by atoms with Gasteiger partial charge in [0.1, 0.15) is 0 Å². The van der Waals surface area contributed by atoms with E-state index in [0.29, 0.717) is 6.42 Å². The van der Waals surface area contributed by atoms with Gasteiger partial charge in [-0.3, -0.25) is 4.79 Å². The Morgan fingerprint density at radius 2 is 2.14 bits per heavy atom. The molecule has 0 aliphatic rings. The van der Waals surface area contributed by atoms with Crippen molar-refractivity contribution in [3.8, 4) is 12.3 Å². The third-order valence-electron chi connectivity index (χ3n) is 1.54. The Kier molecular flexibility index (Phi) is 6.21. The van der Waals surface area contributed by atoms with Crippen LogP contribution < -0.4 is 5.32 Å². The van der Waals surface area contributed by atoms with Crippen LogP contribution in [-0.4, -0.2) is 24.5 Å². The zero-order valence-corrected chi connectivity index (χ0v) is 8.50. The zero-order valence-electron chi connectivity index (χ0n) is 8.50. The zero-order chi connectivity index (χ0) is 11.0. The Hall–Kier alpha value is -1.50. The Balaban J connectivity index is 4.03. The number of hydrogen-bond acceptors (Lipinski definition) is 3. The molecule has 0 rings (SSSR count). The van der Waals surface area contributed by atoms with E-state index in [4.69, 9.17) is 6.42 Å². The Bertz CT molecular complexity index is 242. The first kappa shape index (κ1) is 12.5. The molecule has 0 radical (unpaired) electrons. The van der Waals surface area contributed by atoms with E-state index in [9.17, 15) is 9.59 Å². The molecule has 0 saturated carbocycles. The minimum atomic E-state index is -0.885. The number of rotatable bonds is 4. The summed E-state index contributed by atoms with van der Waals surface area (Å²) in [5.41, 5.74) is 0. The first-order chi connectivity index (χ1) is 6.65. The lowest BCUT2D eigenvalue weighted by molar-refractivity contribution is -0.154. The van der Waals surface area contributed by atoms with Gasteiger partial charge in [-0.1, -0.05) is 19.3 Å². The predicted molar refractivity (Wildman–Crippen MR) is 52.3 cm³/mol. The molecule has 0 fully saturated rings. The van der Waals surface area contributed by atoms with Crippen molar-refractivity contribution < 1.29 is 14.3 Å². The number of ether oxygens (including phenoxy) is 1. The summed E-state index contributed by atoms with van der Waals surface area (Å²) >= 11 is 0. The number of nitrogens with one attached hydrogen (secondary N) is 1. The van der Waals surface area contributed by atoms with Gasteiger partial charge in [0.2, 0.25) is 0 Å². The summed E-state index contributed by atoms with van der Waals surface area (Å²) < 4.78 is 4.51. The van der Waals surface area contributed by atoms with Crippen molar-refractivity contribution in [1.82, 2.24) is 5.32 Å². The lowest BCUT2D eigenvalue weighted by atomic mass is 10.2. The van der Waals surface area contributed by atoms with E-state index in [1.807, 2.05) is 6.92 Å². The molecule has 4 nitrogen and oxygen atoms in total. The van der Waals surface area contributed by atoms with Crippen molar-refractivity contribution in [3.63, 3.8) is 0 Å². The average Bonchev–Trinajstić information content (AvgIpc) is 2.17. The van der Waals surface area contributed by atoms with Crippen molar-refractivity contribution in [2.45, 2.75) is 32.7 Å². The van der Waals surface area contributed by atoms with E-state index in [1.165, 1.54) is 0 Å². The summed E-state index contributed by atoms with van der Waals surface area (Å²) in [5.74, 6) is 0.731. The van der Waals surface area contributed by atoms with E-state index in [2.05, 4.69) is 16.0 Å². The molecule has 78 valence electrons. The van der Waals surface area contributed by atoms with Gasteiger partial charge in [0.05, 0.1) is 12.6 Å². The maximum atomic E-state index is 11.1. The summed E-state index contributed by atoms with van der Waals surface area (Å²) in [6.45, 7) is 3.76. The fourth-order valence-electron chi connectivity index (χ4n) is 0.900. The van der Waals surface area contributed by atoms with Crippen LogP contribution in [0, 0.1) is 12.3 Å². The highest BCUT2D eigenvalue weighted by Crippen LogP contribution is 1.94. The summed E-state index contributed by atoms with van der Waals surface area (Å²) in [7, 11) is 0. The van der Waals surface area contributed by atoms with E-state index in [-0.39, 0.29) is 6.61 Å². The first-order valence-corrected chi connectivity index (χ1v) is 4.59. The van der Waals surface area contributed by atoms with Crippen molar-refractivity contribution in [3.05, 3.63) is 0 Å². The van der Waals surface area contributed by atoms with Crippen LogP contribution in [0.15, 0.2) is 0 Å². The number of carbonyl (C=O) groups is 2. The van der Waals surface area contributed by atoms with Gasteiger partial charge in [0.25, 0.3) is 0 Å². The molecule has 4 heteroatoms. The molecule has 0 bridgehead atoms. The van der Waals surface area contributed by atoms with Gasteiger partial charge in [-0.15, -0.1) is 6.42 Å². The number of hydrogen-bond donors (Lipinski definition) is 1. The van der Waals surface area contributed by atoms with Crippen LogP contribution >= 0.6 is 0 Å². The van der Waals surface area contributed by atoms with Crippen LogP contribution in [0.25, 0.3) is 0 Å². The van der Waals surface area contributed by atoms with Crippen LogP contribution in [0.5, 0.6) is 0 Å². The van der Waals surface area contributed by atoms with Crippen LogP contribution in [0.1, 0.15) is 26.7 Å². The Labute approximate surface area is 84.0 Å². The highest BCUT2D eigenvalue weighted by molar-refractivity contribution is 6.32. The summed E-state index contributed by atoms with van der Waals surface area (Å²) in [6.07, 6.45) is 6.66. The Morgan fingerprint density at radius 1 is 1.50 bits per heavy atom. The van der Waals surface area contributed by atoms with Gasteiger partial charge in [-0.25, -0.2) is 4.79 Å². The lowest BCUT2D eigenvalue weighted by Gasteiger charge is -2.10. The maximum Gasteiger partial charge on any atom is 0.396 e. The number of esters is 1. The van der Waals surface area contributed by atoms with Crippen LogP contribution in [-0.2, 0) is 14.3 Å². The molecule has 1 unspecified atom stereocenters. The first-order valence-electron chi connectivity index (χ1n) is 4.59. The van der Waals surface area contributed by atoms with Crippen molar-refractivity contribution >= 4 is 11.9 Å². The lowest BCUT2D eigenvalue weighted by Crippen LogP contribution is -2.39. The van der Waals surface area contributed by atoms with Crippen molar-refractivity contribution in [1.29, 1.82) is 0 Å². The van der Waals surface area contributed by atoms with Crippen molar-refractivity contribution in [2.24, 2.45) is 0 Å². The molecule has 1 amide bonds. The van der Waals surface area contributed by atoms with E-state index in [0.717, 1.165) is 6.42 Å². The fraction of sp³-hybridized carbons (Fsp3) is 0.600. The SMILES string of the molecule is C#CC(CCC)NC(=O)C(=O)OCC. The number of carbonyl (C=O) groups excluding carboxylic acids is 2. The molecule has 0 aromatic rings. The highest BCUT2D eigenvalue weighted by atomic mass is 16.5. The smallest absolute Gasteiger partial charge is 0.396 e. The third-order valence-corrected chi connectivity index (χ3v) is 1.54. The molecule has 1 atom stereocenters. The molecule has 0 spiro atoms. The second-order valence-corrected chi connectivity index (χ2v) is 2.70. The maximum absolute atomic E-state index is 11.1. The van der Waals surface area contributed by atoms with Crippen molar-refractivity contribution in [2.75, 3.05) is 6.61 Å². The quantitative estimate of drug-likeness (QED) is 0.405. The standard InChI is InChI=1S/C10H15NO3/c1-4-7-8(5-2)11-9(12)10(13)14-6-3/h2,8H,4,6-7H2,1,3H3,(H,11,12). The van der Waals surface area contributed by atoms with Gasteiger partial charge in [0.15, 0.2) is 0 Å². The normalized spacial score (nSPS) is 11.2. The van der Waals surface area contributed by atoms with E-state index >= 15 is 0 Å². The topological polar surface area (TPSA) is 55.4 Å². The average molecular weight is 197 g/mol. The third kappa shape index (κ3) is 4.51. The number of terminal acetylenes is 1. The largest absolute Gasteiger partial charge is 0.459 e. The van der Waals surface area contributed by atoms with Gasteiger partial charge < -0.3 is 10.1 Å². The second-order valence-electron chi connectivity index (χ2n) is 2.70. The van der Waals surface area contributed by atoms with Crippen LogP contribution in [0.4, 0.5) is 0 Å². The monoisotopic (exact) mass is 197 g/mol. The van der Waals surface area contributed by atoms with Crippen LogP contribution in [0.3, 0.4) is 0 Å². The molecule has 0 aromatic heterocycles. The summed E-state index contributed by atoms with van der Waals surface area (Å²) in [4.78, 5) is 22.0. The van der Waals surface area contributed by atoms with Crippen LogP contribution in [0.2, 0.25) is 0 Å². The second kappa shape index (κ2) is 6.96. The molecule has 14 heavy (non-hydrogen) atoms. The molecule has 0 aromatic carbocycles. The summed E-state index contributed by atoms with van der Waals surface area (Å²) in [5, 5.41) is 2.40. The predicted octanol–water partition coefficient (Wildman–Crippen LogP) is 0.468. The number of amides is 1. The fourth-order valence-corrected chi connectivity index (χ4v) is 0.900. The van der Waals surface area contributed by atoms with Gasteiger partial charge in [0, 0.05) is 0 Å². The minimum absolute atomic E-state index is 0.181. The molecular formula is C10H15NO3. The van der Waals surface area contributed by atoms with Gasteiger partial charge in [-0.05, 0) is 13.3 Å². The molecule has 0 aliphatic heterocycles. The molecular weight excluding hydrogens is 182 g/mol. The van der Waals surface area contributed by atoms with Gasteiger partial charge in [-0.2, -0.15) is 0 Å². The molecule has 0 aliphatic carbocycles. The minimum Gasteiger partial charge on any atom is -0.459 e. The molecule has 0 heterocycles. The molecule has 1 N–H and O–H groups in total. The van der Waals surface area contributed by atoms with Gasteiger partial charge >= 0.3 is 11.9 Å².